The molecule has 0 atom stereocenters. The molecule has 2 N–H and O–H groups in total. The molecule has 1 aromatic carbocycles. The second-order valence-electron chi connectivity index (χ2n) is 4.39. The average Bonchev–Trinajstić information content (AvgIpc) is 2.47. The number of halogens is 2. The van der Waals surface area contributed by atoms with E-state index in [-0.39, 0.29) is 23.0 Å². The molecule has 0 fully saturated rings. The third kappa shape index (κ3) is 4.77. The predicted octanol–water partition coefficient (Wildman–Crippen LogP) is 2.13. The molecule has 0 radical (unpaired) electrons. The van der Waals surface area contributed by atoms with E-state index in [0.29, 0.717) is 11.3 Å². The smallest absolute Gasteiger partial charge is 0.387 e. The fraction of sp³-hybridized carbons (Fsp3) is 0.214. The van der Waals surface area contributed by atoms with Crippen molar-refractivity contribution in [3.63, 3.8) is 0 Å². The van der Waals surface area contributed by atoms with E-state index in [2.05, 4.69) is 25.2 Å². The molecule has 0 saturated heterocycles. The number of methoxy groups -OCH3 is 1. The Labute approximate surface area is 130 Å². The van der Waals surface area contributed by atoms with Crippen molar-refractivity contribution in [3.8, 4) is 11.5 Å². The molecular weight excluding hydrogens is 310 g/mol. The summed E-state index contributed by atoms with van der Waals surface area (Å²) in [5, 5.41) is 3.91. The zero-order valence-corrected chi connectivity index (χ0v) is 12.3. The molecule has 0 saturated carbocycles. The van der Waals surface area contributed by atoms with Gasteiger partial charge >= 0.3 is 6.61 Å². The SMILES string of the molecule is COc1cc(/C=N\Nc2nc(C)cc(=O)[nH]2)ccc1OC(F)F. The summed E-state index contributed by atoms with van der Waals surface area (Å²) in [7, 11) is 1.34. The topological polar surface area (TPSA) is 88.6 Å². The Balaban J connectivity index is 2.11. The van der Waals surface area contributed by atoms with Gasteiger partial charge in [0.1, 0.15) is 0 Å². The lowest BCUT2D eigenvalue weighted by atomic mass is 10.2. The number of rotatable bonds is 6. The first-order valence-electron chi connectivity index (χ1n) is 6.48. The Morgan fingerprint density at radius 3 is 2.78 bits per heavy atom. The van der Waals surface area contributed by atoms with E-state index in [1.54, 1.807) is 6.92 Å². The number of nitrogens with one attached hydrogen (secondary N) is 2. The number of H-pyrrole nitrogens is 1. The lowest BCUT2D eigenvalue weighted by Crippen LogP contribution is -2.10. The molecule has 1 heterocycles. The number of alkyl halides is 2. The van der Waals surface area contributed by atoms with E-state index in [9.17, 15) is 13.6 Å². The van der Waals surface area contributed by atoms with Crippen LogP contribution in [-0.4, -0.2) is 29.9 Å². The monoisotopic (exact) mass is 324 g/mol. The summed E-state index contributed by atoms with van der Waals surface area (Å²) >= 11 is 0. The molecule has 0 aliphatic heterocycles. The molecule has 1 aromatic heterocycles. The van der Waals surface area contributed by atoms with E-state index in [4.69, 9.17) is 4.74 Å². The number of benzene rings is 1. The fourth-order valence-electron chi connectivity index (χ4n) is 1.76. The average molecular weight is 324 g/mol. The van der Waals surface area contributed by atoms with Crippen LogP contribution < -0.4 is 20.5 Å². The van der Waals surface area contributed by atoms with Gasteiger partial charge < -0.3 is 9.47 Å². The summed E-state index contributed by atoms with van der Waals surface area (Å²) in [4.78, 5) is 17.8. The van der Waals surface area contributed by atoms with Gasteiger partial charge in [-0.15, -0.1) is 0 Å². The van der Waals surface area contributed by atoms with E-state index < -0.39 is 6.61 Å². The normalized spacial score (nSPS) is 11.0. The maximum Gasteiger partial charge on any atom is 0.387 e. The number of anilines is 1. The summed E-state index contributed by atoms with van der Waals surface area (Å²) in [5.41, 5.74) is 3.39. The van der Waals surface area contributed by atoms with Crippen molar-refractivity contribution in [2.24, 2.45) is 5.10 Å². The number of aromatic amines is 1. The van der Waals surface area contributed by atoms with Crippen LogP contribution in [0.2, 0.25) is 0 Å². The van der Waals surface area contributed by atoms with Crippen molar-refractivity contribution in [1.82, 2.24) is 9.97 Å². The van der Waals surface area contributed by atoms with Gasteiger partial charge in [0, 0.05) is 11.8 Å². The highest BCUT2D eigenvalue weighted by atomic mass is 19.3. The molecule has 0 amide bonds. The minimum Gasteiger partial charge on any atom is -0.493 e. The Kier molecular flexibility index (Phi) is 5.23. The molecule has 2 aromatic rings. The number of hydrazone groups is 1. The Hall–Kier alpha value is -2.97. The molecule has 7 nitrogen and oxygen atoms in total. The fourth-order valence-corrected chi connectivity index (χ4v) is 1.76. The van der Waals surface area contributed by atoms with Gasteiger partial charge in [-0.1, -0.05) is 0 Å². The standard InChI is InChI=1S/C14H14F2N4O3/c1-8-5-12(21)19-14(18-8)20-17-7-9-3-4-10(23-13(15)16)11(6-9)22-2/h3-7,13H,1-2H3,(H2,18,19,20,21)/b17-7-. The van der Waals surface area contributed by atoms with E-state index in [1.165, 1.54) is 37.6 Å². The Morgan fingerprint density at radius 1 is 1.35 bits per heavy atom. The zero-order valence-electron chi connectivity index (χ0n) is 12.3. The Morgan fingerprint density at radius 2 is 2.13 bits per heavy atom. The predicted molar refractivity (Wildman–Crippen MR) is 80.4 cm³/mol. The molecule has 0 aliphatic carbocycles. The molecule has 0 bridgehead atoms. The van der Waals surface area contributed by atoms with Gasteiger partial charge in [-0.25, -0.2) is 10.4 Å². The first kappa shape index (κ1) is 16.4. The maximum atomic E-state index is 12.2. The first-order valence-corrected chi connectivity index (χ1v) is 6.48. The van der Waals surface area contributed by atoms with Gasteiger partial charge in [-0.05, 0) is 30.7 Å². The second-order valence-corrected chi connectivity index (χ2v) is 4.39. The van der Waals surface area contributed by atoms with Crippen LogP contribution in [0.1, 0.15) is 11.3 Å². The minimum atomic E-state index is -2.94. The number of hydrogen-bond donors (Lipinski definition) is 2. The Bertz CT molecular complexity index is 762. The van der Waals surface area contributed by atoms with Crippen molar-refractivity contribution in [3.05, 3.63) is 45.9 Å². The van der Waals surface area contributed by atoms with Crippen LogP contribution in [0.15, 0.2) is 34.2 Å². The van der Waals surface area contributed by atoms with Crippen molar-refractivity contribution < 1.29 is 18.3 Å². The summed E-state index contributed by atoms with van der Waals surface area (Å²) in [6.45, 7) is -1.26. The van der Waals surface area contributed by atoms with Crippen LogP contribution in [0.5, 0.6) is 11.5 Å². The van der Waals surface area contributed by atoms with Crippen molar-refractivity contribution in [2.75, 3.05) is 12.5 Å². The number of aromatic nitrogens is 2. The largest absolute Gasteiger partial charge is 0.493 e. The van der Waals surface area contributed by atoms with Gasteiger partial charge in [-0.2, -0.15) is 13.9 Å². The van der Waals surface area contributed by atoms with Gasteiger partial charge in [0.15, 0.2) is 11.5 Å². The van der Waals surface area contributed by atoms with Gasteiger partial charge in [0.2, 0.25) is 5.95 Å². The zero-order chi connectivity index (χ0) is 16.8. The van der Waals surface area contributed by atoms with Crippen molar-refractivity contribution in [2.45, 2.75) is 13.5 Å². The summed E-state index contributed by atoms with van der Waals surface area (Å²) < 4.78 is 33.8. The van der Waals surface area contributed by atoms with Gasteiger partial charge in [0.05, 0.1) is 13.3 Å². The van der Waals surface area contributed by atoms with Crippen LogP contribution in [0, 0.1) is 6.92 Å². The van der Waals surface area contributed by atoms with E-state index in [0.717, 1.165) is 0 Å². The van der Waals surface area contributed by atoms with Crippen molar-refractivity contribution >= 4 is 12.2 Å². The highest BCUT2D eigenvalue weighted by molar-refractivity contribution is 5.81. The summed E-state index contributed by atoms with van der Waals surface area (Å²) in [6, 6.07) is 5.70. The van der Waals surface area contributed by atoms with E-state index in [1.807, 2.05) is 0 Å². The number of nitrogens with zero attached hydrogens (tertiary/aromatic N) is 2. The third-order valence-corrected chi connectivity index (χ3v) is 2.66. The number of hydrogen-bond acceptors (Lipinski definition) is 6. The second kappa shape index (κ2) is 7.34. The van der Waals surface area contributed by atoms with Crippen LogP contribution in [0.3, 0.4) is 0 Å². The van der Waals surface area contributed by atoms with E-state index >= 15 is 0 Å². The molecular formula is C14H14F2N4O3. The van der Waals surface area contributed by atoms with Crippen LogP contribution in [0.4, 0.5) is 14.7 Å². The minimum absolute atomic E-state index is 0.0720. The molecule has 0 unspecified atom stereocenters. The van der Waals surface area contributed by atoms with Crippen LogP contribution >= 0.6 is 0 Å². The maximum absolute atomic E-state index is 12.2. The van der Waals surface area contributed by atoms with Gasteiger partial charge in [-0.3, -0.25) is 9.78 Å². The van der Waals surface area contributed by atoms with Crippen LogP contribution in [0.25, 0.3) is 0 Å². The summed E-state index contributed by atoms with van der Waals surface area (Å²) in [6.07, 6.45) is 1.41. The number of ether oxygens (including phenoxy) is 2. The summed E-state index contributed by atoms with van der Waals surface area (Å²) in [5.74, 6) is 0.268. The van der Waals surface area contributed by atoms with Crippen LogP contribution in [-0.2, 0) is 0 Å². The molecule has 9 heteroatoms. The highest BCUT2D eigenvalue weighted by Gasteiger charge is 2.10. The molecule has 2 rings (SSSR count). The molecule has 0 aliphatic rings. The van der Waals surface area contributed by atoms with Crippen molar-refractivity contribution in [1.29, 1.82) is 0 Å². The highest BCUT2D eigenvalue weighted by Crippen LogP contribution is 2.28. The quantitative estimate of drug-likeness (QED) is 0.628. The number of aryl methyl sites for hydroxylation is 1. The molecule has 0 spiro atoms. The third-order valence-electron chi connectivity index (χ3n) is 2.66. The van der Waals surface area contributed by atoms with Gasteiger partial charge in [0.25, 0.3) is 5.56 Å². The molecule has 122 valence electrons. The lowest BCUT2D eigenvalue weighted by molar-refractivity contribution is -0.0512. The lowest BCUT2D eigenvalue weighted by Gasteiger charge is -2.09. The first-order chi connectivity index (χ1) is 11.0. The molecule has 23 heavy (non-hydrogen) atoms.